The van der Waals surface area contributed by atoms with Gasteiger partial charge in [0, 0.05) is 22.2 Å². The van der Waals surface area contributed by atoms with Crippen LogP contribution in [0.1, 0.15) is 5.82 Å². The van der Waals surface area contributed by atoms with Crippen molar-refractivity contribution in [3.63, 3.8) is 0 Å². The van der Waals surface area contributed by atoms with Crippen molar-refractivity contribution in [1.29, 1.82) is 0 Å². The summed E-state index contributed by atoms with van der Waals surface area (Å²) in [5.74, 6) is 1.56. The highest BCUT2D eigenvalue weighted by atomic mass is 35.5. The molecule has 1 heterocycles. The molecular weight excluding hydrogens is 316 g/mol. The molecule has 0 fully saturated rings. The van der Waals surface area contributed by atoms with Crippen LogP contribution in [0, 0.1) is 6.92 Å². The van der Waals surface area contributed by atoms with E-state index < -0.39 is 0 Å². The fourth-order valence-corrected chi connectivity index (χ4v) is 3.29. The predicted molar refractivity (Wildman–Crippen MR) is 92.9 cm³/mol. The van der Waals surface area contributed by atoms with E-state index in [9.17, 15) is 4.79 Å². The number of hydrogen-bond donors (Lipinski definition) is 0. The van der Waals surface area contributed by atoms with Gasteiger partial charge in [0.25, 0.3) is 5.56 Å². The molecule has 0 atom stereocenters. The molecule has 0 saturated carbocycles. The lowest BCUT2D eigenvalue weighted by molar-refractivity contribution is 0.692. The van der Waals surface area contributed by atoms with E-state index in [1.807, 2.05) is 55.5 Å². The third kappa shape index (κ3) is 3.18. The fraction of sp³-hybridized carbons (Fsp3) is 0.176. The Kier molecular flexibility index (Phi) is 4.50. The number of nitrogens with zero attached hydrogens (tertiary/aromatic N) is 2. The Morgan fingerprint density at radius 1 is 1.14 bits per heavy atom. The van der Waals surface area contributed by atoms with E-state index in [2.05, 4.69) is 4.98 Å². The molecule has 3 aromatic rings. The second kappa shape index (κ2) is 6.55. The Morgan fingerprint density at radius 3 is 2.64 bits per heavy atom. The van der Waals surface area contributed by atoms with Gasteiger partial charge in [0.05, 0.1) is 10.9 Å². The highest BCUT2D eigenvalue weighted by molar-refractivity contribution is 7.99. The Hall–Kier alpha value is -1.78. The number of hydrogen-bond acceptors (Lipinski definition) is 3. The maximum Gasteiger partial charge on any atom is 0.261 e. The lowest BCUT2D eigenvalue weighted by Crippen LogP contribution is -2.24. The average Bonchev–Trinajstić information content (AvgIpc) is 2.52. The summed E-state index contributed by atoms with van der Waals surface area (Å²) in [6.07, 6.45) is 0. The van der Waals surface area contributed by atoms with Crippen molar-refractivity contribution < 1.29 is 0 Å². The first-order valence-electron chi connectivity index (χ1n) is 7.00. The summed E-state index contributed by atoms with van der Waals surface area (Å²) in [7, 11) is 0. The minimum Gasteiger partial charge on any atom is -0.296 e. The Bertz CT molecular complexity index is 859. The van der Waals surface area contributed by atoms with Gasteiger partial charge in [-0.3, -0.25) is 9.36 Å². The molecule has 0 spiro atoms. The van der Waals surface area contributed by atoms with Crippen LogP contribution < -0.4 is 5.56 Å². The molecule has 5 heteroatoms. The first-order chi connectivity index (χ1) is 10.6. The summed E-state index contributed by atoms with van der Waals surface area (Å²) in [4.78, 5) is 18.2. The summed E-state index contributed by atoms with van der Waals surface area (Å²) in [6.45, 7) is 2.51. The summed E-state index contributed by atoms with van der Waals surface area (Å²) in [5.41, 5.74) is 0.784. The molecule has 0 N–H and O–H groups in total. The summed E-state index contributed by atoms with van der Waals surface area (Å²) >= 11 is 7.58. The van der Waals surface area contributed by atoms with Crippen LogP contribution in [-0.4, -0.2) is 15.3 Å². The van der Waals surface area contributed by atoms with Gasteiger partial charge in [-0.15, -0.1) is 11.8 Å². The van der Waals surface area contributed by atoms with Crippen molar-refractivity contribution >= 4 is 34.3 Å². The van der Waals surface area contributed by atoms with Crippen LogP contribution in [0.3, 0.4) is 0 Å². The number of rotatable bonds is 4. The van der Waals surface area contributed by atoms with Crippen LogP contribution in [0.4, 0.5) is 0 Å². The number of aromatic nitrogens is 2. The Labute approximate surface area is 138 Å². The maximum atomic E-state index is 12.5. The molecule has 0 saturated heterocycles. The topological polar surface area (TPSA) is 34.9 Å². The molecule has 0 unspecified atom stereocenters. The van der Waals surface area contributed by atoms with Gasteiger partial charge in [-0.05, 0) is 43.3 Å². The highest BCUT2D eigenvalue weighted by Gasteiger charge is 2.07. The van der Waals surface area contributed by atoms with Crippen LogP contribution >= 0.6 is 23.4 Å². The van der Waals surface area contributed by atoms with Gasteiger partial charge in [0.1, 0.15) is 5.82 Å². The third-order valence-corrected chi connectivity index (χ3v) is 4.69. The quantitative estimate of drug-likeness (QED) is 0.674. The fourth-order valence-electron chi connectivity index (χ4n) is 2.33. The molecule has 2 aromatic carbocycles. The second-order valence-corrected chi connectivity index (χ2v) is 6.54. The van der Waals surface area contributed by atoms with Gasteiger partial charge in [0.15, 0.2) is 0 Å². The van der Waals surface area contributed by atoms with E-state index in [4.69, 9.17) is 11.6 Å². The SMILES string of the molecule is Cc1nc2ccccc2c(=O)n1CCSc1ccc(Cl)cc1. The minimum absolute atomic E-state index is 0.0276. The molecule has 0 aliphatic heterocycles. The Balaban J connectivity index is 1.79. The number of thioether (sulfide) groups is 1. The highest BCUT2D eigenvalue weighted by Crippen LogP contribution is 2.20. The first-order valence-corrected chi connectivity index (χ1v) is 8.36. The van der Waals surface area contributed by atoms with Crippen LogP contribution in [0.2, 0.25) is 5.02 Å². The number of halogens is 1. The molecular formula is C17H15ClN2OS. The van der Waals surface area contributed by atoms with E-state index >= 15 is 0 Å². The Morgan fingerprint density at radius 2 is 1.86 bits per heavy atom. The largest absolute Gasteiger partial charge is 0.296 e. The third-order valence-electron chi connectivity index (χ3n) is 3.45. The predicted octanol–water partition coefficient (Wildman–Crippen LogP) is 4.15. The van der Waals surface area contributed by atoms with Crippen LogP contribution in [0.5, 0.6) is 0 Å². The lowest BCUT2D eigenvalue weighted by atomic mass is 10.2. The van der Waals surface area contributed by atoms with Crippen molar-refractivity contribution in [3.05, 3.63) is 69.7 Å². The van der Waals surface area contributed by atoms with E-state index in [1.54, 1.807) is 16.3 Å². The summed E-state index contributed by atoms with van der Waals surface area (Å²) in [5, 5.41) is 1.40. The van der Waals surface area contributed by atoms with Crippen LogP contribution in [-0.2, 0) is 6.54 Å². The van der Waals surface area contributed by atoms with Gasteiger partial charge < -0.3 is 0 Å². The molecule has 22 heavy (non-hydrogen) atoms. The van der Waals surface area contributed by atoms with Crippen molar-refractivity contribution in [2.45, 2.75) is 18.4 Å². The van der Waals surface area contributed by atoms with Crippen molar-refractivity contribution in [3.8, 4) is 0 Å². The van der Waals surface area contributed by atoms with Crippen molar-refractivity contribution in [2.24, 2.45) is 0 Å². The summed E-state index contributed by atoms with van der Waals surface area (Å²) in [6, 6.07) is 15.2. The molecule has 0 aliphatic carbocycles. The molecule has 0 radical (unpaired) electrons. The van der Waals surface area contributed by atoms with Crippen molar-refractivity contribution in [1.82, 2.24) is 9.55 Å². The van der Waals surface area contributed by atoms with E-state index in [0.717, 1.165) is 27.0 Å². The standard InChI is InChI=1S/C17H15ClN2OS/c1-12-19-16-5-3-2-4-15(16)17(21)20(12)10-11-22-14-8-6-13(18)7-9-14/h2-9H,10-11H2,1H3. The number of fused-ring (bicyclic) bond motifs is 1. The molecule has 0 bridgehead atoms. The molecule has 3 rings (SSSR count). The van der Waals surface area contributed by atoms with E-state index in [0.29, 0.717) is 11.9 Å². The van der Waals surface area contributed by atoms with Gasteiger partial charge in [0.2, 0.25) is 0 Å². The van der Waals surface area contributed by atoms with E-state index in [-0.39, 0.29) is 5.56 Å². The smallest absolute Gasteiger partial charge is 0.261 e. The summed E-state index contributed by atoms with van der Waals surface area (Å²) < 4.78 is 1.74. The van der Waals surface area contributed by atoms with Crippen molar-refractivity contribution in [2.75, 3.05) is 5.75 Å². The maximum absolute atomic E-state index is 12.5. The monoisotopic (exact) mass is 330 g/mol. The number of para-hydroxylation sites is 1. The van der Waals surface area contributed by atoms with Gasteiger partial charge in [-0.2, -0.15) is 0 Å². The molecule has 3 nitrogen and oxygen atoms in total. The normalized spacial score (nSPS) is 11.0. The van der Waals surface area contributed by atoms with Crippen LogP contribution in [0.15, 0.2) is 58.2 Å². The van der Waals surface area contributed by atoms with Gasteiger partial charge >= 0.3 is 0 Å². The molecule has 0 amide bonds. The molecule has 1 aromatic heterocycles. The zero-order valence-corrected chi connectivity index (χ0v) is 13.7. The molecule has 0 aliphatic rings. The lowest BCUT2D eigenvalue weighted by Gasteiger charge is -2.10. The van der Waals surface area contributed by atoms with E-state index in [1.165, 1.54) is 0 Å². The minimum atomic E-state index is 0.0276. The van der Waals surface area contributed by atoms with Gasteiger partial charge in [-0.25, -0.2) is 4.98 Å². The van der Waals surface area contributed by atoms with Crippen LogP contribution in [0.25, 0.3) is 10.9 Å². The second-order valence-electron chi connectivity index (χ2n) is 4.94. The zero-order valence-electron chi connectivity index (χ0n) is 12.1. The first kappa shape index (κ1) is 15.1. The number of aryl methyl sites for hydroxylation is 1. The average molecular weight is 331 g/mol. The molecule has 112 valence electrons. The number of benzene rings is 2. The zero-order chi connectivity index (χ0) is 15.5. The van der Waals surface area contributed by atoms with Gasteiger partial charge in [-0.1, -0.05) is 23.7 Å².